The summed E-state index contributed by atoms with van der Waals surface area (Å²) >= 11 is 4.78. The molecule has 0 aliphatic rings. The molecule has 3 N–H and O–H groups in total. The van der Waals surface area contributed by atoms with Gasteiger partial charge in [-0.2, -0.15) is 0 Å². The molecule has 0 saturated carbocycles. The first-order valence-corrected chi connectivity index (χ1v) is 12.2. The lowest BCUT2D eigenvalue weighted by Crippen LogP contribution is -2.36. The minimum Gasteiger partial charge on any atom is -0.508 e. The summed E-state index contributed by atoms with van der Waals surface area (Å²) < 4.78 is 0. The number of anilines is 1. The first-order valence-electron chi connectivity index (χ1n) is 9.34. The van der Waals surface area contributed by atoms with Crippen LogP contribution in [0, 0.1) is 0 Å². The number of aromatic nitrogens is 1. The van der Waals surface area contributed by atoms with Gasteiger partial charge in [-0.05, 0) is 48.5 Å². The van der Waals surface area contributed by atoms with Gasteiger partial charge in [0.2, 0.25) is 5.91 Å². The maximum absolute atomic E-state index is 12.4. The fourth-order valence-electron chi connectivity index (χ4n) is 2.59. The van der Waals surface area contributed by atoms with E-state index in [1.807, 2.05) is 29.6 Å². The van der Waals surface area contributed by atoms with E-state index in [1.54, 1.807) is 54.0 Å². The number of carbonyl (C=O) groups excluding carboxylic acids is 1. The van der Waals surface area contributed by atoms with Crippen LogP contribution in [0.2, 0.25) is 0 Å². The average molecular weight is 462 g/mol. The number of thiazole rings is 1. The number of aromatic hydroxyl groups is 2. The first-order chi connectivity index (χ1) is 14.6. The Kier molecular flexibility index (Phi) is 8.88. The Morgan fingerprint density at radius 3 is 1.93 bits per heavy atom. The molecule has 6 nitrogen and oxygen atoms in total. The molecule has 0 radical (unpaired) electrons. The Morgan fingerprint density at radius 2 is 1.47 bits per heavy atom. The number of nitrogens with zero attached hydrogens (tertiary/aromatic N) is 2. The third-order valence-electron chi connectivity index (χ3n) is 4.07. The van der Waals surface area contributed by atoms with Crippen LogP contribution in [-0.2, 0) is 4.79 Å². The Morgan fingerprint density at radius 1 is 0.933 bits per heavy atom. The van der Waals surface area contributed by atoms with E-state index in [-0.39, 0.29) is 17.4 Å². The van der Waals surface area contributed by atoms with Crippen LogP contribution in [0.15, 0.2) is 69.9 Å². The van der Waals surface area contributed by atoms with Crippen LogP contribution in [-0.4, -0.2) is 57.1 Å². The number of nitrogens with one attached hydrogen (secondary N) is 1. The summed E-state index contributed by atoms with van der Waals surface area (Å²) in [4.78, 5) is 20.8. The Hall–Kier alpha value is -2.20. The lowest BCUT2D eigenvalue weighted by Gasteiger charge is -2.21. The maximum Gasteiger partial charge on any atom is 0.240 e. The van der Waals surface area contributed by atoms with Gasteiger partial charge < -0.3 is 15.5 Å². The van der Waals surface area contributed by atoms with Crippen molar-refractivity contribution in [1.29, 1.82) is 0 Å². The number of rotatable bonds is 11. The molecule has 0 spiro atoms. The number of thioether (sulfide) groups is 2. The fourth-order valence-corrected chi connectivity index (χ4v) is 4.96. The molecule has 0 bridgehead atoms. The fraction of sp³-hybridized carbons (Fsp3) is 0.238. The van der Waals surface area contributed by atoms with Crippen molar-refractivity contribution in [2.24, 2.45) is 0 Å². The highest BCUT2D eigenvalue weighted by Gasteiger charge is 2.12. The zero-order valence-electron chi connectivity index (χ0n) is 16.2. The van der Waals surface area contributed by atoms with E-state index >= 15 is 0 Å². The van der Waals surface area contributed by atoms with Crippen molar-refractivity contribution in [1.82, 2.24) is 9.88 Å². The summed E-state index contributed by atoms with van der Waals surface area (Å²) in [5.74, 6) is 2.10. The zero-order chi connectivity index (χ0) is 21.2. The molecule has 9 heteroatoms. The molecule has 0 aliphatic carbocycles. The molecule has 3 rings (SSSR count). The van der Waals surface area contributed by atoms with Crippen molar-refractivity contribution >= 4 is 45.9 Å². The van der Waals surface area contributed by atoms with Crippen LogP contribution < -0.4 is 5.32 Å². The van der Waals surface area contributed by atoms with Crippen molar-refractivity contribution < 1.29 is 15.0 Å². The van der Waals surface area contributed by atoms with Gasteiger partial charge in [-0.1, -0.05) is 0 Å². The van der Waals surface area contributed by atoms with E-state index in [1.165, 1.54) is 11.3 Å². The Balaban J connectivity index is 1.50. The summed E-state index contributed by atoms with van der Waals surface area (Å²) in [5, 5.41) is 24.1. The lowest BCUT2D eigenvalue weighted by molar-refractivity contribution is -0.117. The number of phenols is 2. The molecular weight excluding hydrogens is 438 g/mol. The van der Waals surface area contributed by atoms with Gasteiger partial charge in [0.15, 0.2) is 5.13 Å². The minimum absolute atomic E-state index is 0.0748. The van der Waals surface area contributed by atoms with Gasteiger partial charge in [0.05, 0.1) is 6.54 Å². The van der Waals surface area contributed by atoms with Crippen molar-refractivity contribution in [2.45, 2.75) is 9.79 Å². The average Bonchev–Trinajstić information content (AvgIpc) is 3.23. The molecule has 0 aliphatic heterocycles. The highest BCUT2D eigenvalue weighted by Crippen LogP contribution is 2.22. The molecule has 2 aromatic carbocycles. The van der Waals surface area contributed by atoms with Crippen LogP contribution in [0.5, 0.6) is 11.5 Å². The number of carbonyl (C=O) groups is 1. The predicted molar refractivity (Wildman–Crippen MR) is 125 cm³/mol. The summed E-state index contributed by atoms with van der Waals surface area (Å²) in [6.07, 6.45) is 1.67. The molecule has 0 unspecified atom stereocenters. The molecule has 1 heterocycles. The van der Waals surface area contributed by atoms with Crippen molar-refractivity contribution in [3.8, 4) is 11.5 Å². The normalized spacial score (nSPS) is 11.0. The molecule has 158 valence electrons. The molecule has 3 aromatic rings. The number of phenolic OH excluding ortho intramolecular Hbond substituents is 2. The van der Waals surface area contributed by atoms with Crippen molar-refractivity contribution in [3.63, 3.8) is 0 Å². The monoisotopic (exact) mass is 461 g/mol. The Labute approximate surface area is 188 Å². The zero-order valence-corrected chi connectivity index (χ0v) is 18.7. The number of benzene rings is 2. The molecule has 0 atom stereocenters. The van der Waals surface area contributed by atoms with Crippen LogP contribution in [0.25, 0.3) is 0 Å². The summed E-state index contributed by atoms with van der Waals surface area (Å²) in [6.45, 7) is 1.81. The van der Waals surface area contributed by atoms with Crippen molar-refractivity contribution in [3.05, 3.63) is 60.1 Å². The summed E-state index contributed by atoms with van der Waals surface area (Å²) in [7, 11) is 0. The van der Waals surface area contributed by atoms with Gasteiger partial charge in [0.25, 0.3) is 0 Å². The molecule has 1 amide bonds. The van der Waals surface area contributed by atoms with Gasteiger partial charge in [-0.3, -0.25) is 9.69 Å². The number of amides is 1. The molecule has 30 heavy (non-hydrogen) atoms. The van der Waals surface area contributed by atoms with E-state index in [0.717, 1.165) is 34.4 Å². The maximum atomic E-state index is 12.4. The van der Waals surface area contributed by atoms with Gasteiger partial charge >= 0.3 is 0 Å². The van der Waals surface area contributed by atoms with Gasteiger partial charge in [-0.25, -0.2) is 4.98 Å². The minimum atomic E-state index is -0.0748. The van der Waals surface area contributed by atoms with Crippen LogP contribution in [0.3, 0.4) is 0 Å². The standard InChI is InChI=1S/C21H23N3O3S3/c25-16-1-5-18(6-2-16)28-13-10-24(15-20(27)23-21-22-9-12-30-21)11-14-29-19-7-3-17(26)4-8-19/h1-9,12,25-26H,10-11,13-15H2,(H,22,23,27). The summed E-state index contributed by atoms with van der Waals surface area (Å²) in [5.41, 5.74) is 0. The number of hydrogen-bond acceptors (Lipinski definition) is 8. The number of hydrogen-bond donors (Lipinski definition) is 3. The largest absolute Gasteiger partial charge is 0.508 e. The van der Waals surface area contributed by atoms with Gasteiger partial charge in [-0.15, -0.1) is 34.9 Å². The molecular formula is C21H23N3O3S3. The Bertz CT molecular complexity index is 852. The highest BCUT2D eigenvalue weighted by molar-refractivity contribution is 7.99. The van der Waals surface area contributed by atoms with Crippen LogP contribution >= 0.6 is 34.9 Å². The third-order valence-corrected chi connectivity index (χ3v) is 6.74. The van der Waals surface area contributed by atoms with E-state index in [0.29, 0.717) is 11.7 Å². The second-order valence-corrected chi connectivity index (χ2v) is 9.58. The SMILES string of the molecule is O=C(CN(CCSc1ccc(O)cc1)CCSc1ccc(O)cc1)Nc1nccs1. The second kappa shape index (κ2) is 11.8. The lowest BCUT2D eigenvalue weighted by atomic mass is 10.3. The smallest absolute Gasteiger partial charge is 0.240 e. The van der Waals surface area contributed by atoms with Gasteiger partial charge in [0.1, 0.15) is 11.5 Å². The van der Waals surface area contributed by atoms with Gasteiger partial charge in [0, 0.05) is 46.0 Å². The molecule has 0 fully saturated rings. The van der Waals surface area contributed by atoms with E-state index in [4.69, 9.17) is 0 Å². The molecule has 1 aromatic heterocycles. The van der Waals surface area contributed by atoms with Crippen LogP contribution in [0.4, 0.5) is 5.13 Å². The van der Waals surface area contributed by atoms with E-state index in [9.17, 15) is 15.0 Å². The van der Waals surface area contributed by atoms with Crippen LogP contribution in [0.1, 0.15) is 0 Å². The topological polar surface area (TPSA) is 85.7 Å². The highest BCUT2D eigenvalue weighted by atomic mass is 32.2. The molecule has 0 saturated heterocycles. The van der Waals surface area contributed by atoms with E-state index in [2.05, 4.69) is 15.2 Å². The second-order valence-electron chi connectivity index (χ2n) is 6.35. The quantitative estimate of drug-likeness (QED) is 0.365. The predicted octanol–water partition coefficient (Wildman–Crippen LogP) is 4.38. The summed E-state index contributed by atoms with van der Waals surface area (Å²) in [6, 6.07) is 14.3. The van der Waals surface area contributed by atoms with Crippen molar-refractivity contribution in [2.75, 3.05) is 36.5 Å². The first kappa shape index (κ1) is 22.5. The van der Waals surface area contributed by atoms with E-state index < -0.39 is 0 Å². The third kappa shape index (κ3) is 7.91.